The zero-order valence-corrected chi connectivity index (χ0v) is 13.7. The van der Waals surface area contributed by atoms with Gasteiger partial charge in [-0.1, -0.05) is 6.07 Å². The second-order valence-corrected chi connectivity index (χ2v) is 6.44. The second-order valence-electron chi connectivity index (χ2n) is 6.44. The van der Waals surface area contributed by atoms with Crippen LogP contribution in [0, 0.1) is 5.41 Å². The van der Waals surface area contributed by atoms with Crippen LogP contribution in [0.4, 0.5) is 13.2 Å². The molecule has 1 aromatic heterocycles. The van der Waals surface area contributed by atoms with Crippen LogP contribution in [0.15, 0.2) is 18.2 Å². The van der Waals surface area contributed by atoms with Gasteiger partial charge in [0.05, 0.1) is 6.54 Å². The van der Waals surface area contributed by atoms with Crippen LogP contribution in [0.2, 0.25) is 0 Å². The standard InChI is InChI=1S/C15H19F3N4O3/c1-14(2)24-9-7-22(13(19)20)6-8(12(9)25-14)23-11-5-3-4-10(21-11)15(16,17)18/h3-5,8-9,12H,6-7H2,1-2H3,(H3,19,20). The highest BCUT2D eigenvalue weighted by atomic mass is 19.4. The number of hydrogen-bond donors (Lipinski definition) is 2. The third-order valence-electron chi connectivity index (χ3n) is 4.02. The molecule has 138 valence electrons. The maximum Gasteiger partial charge on any atom is 0.433 e. The quantitative estimate of drug-likeness (QED) is 0.614. The maximum atomic E-state index is 12.8. The van der Waals surface area contributed by atoms with Gasteiger partial charge in [0.1, 0.15) is 24.0 Å². The molecular formula is C15H19F3N4O3. The lowest BCUT2D eigenvalue weighted by Gasteiger charge is -2.38. The van der Waals surface area contributed by atoms with Crippen LogP contribution in [-0.4, -0.2) is 53.0 Å². The zero-order chi connectivity index (χ0) is 18.4. The van der Waals surface area contributed by atoms with E-state index in [1.807, 2.05) is 0 Å². The molecule has 1 aromatic rings. The van der Waals surface area contributed by atoms with Crippen molar-refractivity contribution in [2.24, 2.45) is 5.73 Å². The summed E-state index contributed by atoms with van der Waals surface area (Å²) in [6.07, 6.45) is -6.15. The fraction of sp³-hybridized carbons (Fsp3) is 0.600. The summed E-state index contributed by atoms with van der Waals surface area (Å²) in [6.45, 7) is 4.01. The predicted molar refractivity (Wildman–Crippen MR) is 81.0 cm³/mol. The lowest BCUT2D eigenvalue weighted by atomic mass is 10.0. The molecule has 3 rings (SSSR count). The molecule has 10 heteroatoms. The van der Waals surface area contributed by atoms with Gasteiger partial charge in [0.2, 0.25) is 5.88 Å². The second kappa shape index (κ2) is 6.03. The Morgan fingerprint density at radius 2 is 2.08 bits per heavy atom. The van der Waals surface area contributed by atoms with E-state index in [4.69, 9.17) is 25.4 Å². The molecule has 0 aromatic carbocycles. The lowest BCUT2D eigenvalue weighted by molar-refractivity contribution is -0.151. The maximum absolute atomic E-state index is 12.8. The summed E-state index contributed by atoms with van der Waals surface area (Å²) in [6, 6.07) is 3.44. The van der Waals surface area contributed by atoms with Crippen LogP contribution in [0.1, 0.15) is 19.5 Å². The van der Waals surface area contributed by atoms with Gasteiger partial charge in [-0.3, -0.25) is 5.41 Å². The summed E-state index contributed by atoms with van der Waals surface area (Å²) in [5, 5.41) is 7.61. The van der Waals surface area contributed by atoms with E-state index in [9.17, 15) is 13.2 Å². The number of nitrogens with zero attached hydrogens (tertiary/aromatic N) is 2. The van der Waals surface area contributed by atoms with Gasteiger partial charge in [-0.15, -0.1) is 0 Å². The molecule has 25 heavy (non-hydrogen) atoms. The van der Waals surface area contributed by atoms with E-state index in [1.54, 1.807) is 13.8 Å². The number of hydrogen-bond acceptors (Lipinski definition) is 5. The molecule has 2 fully saturated rings. The summed E-state index contributed by atoms with van der Waals surface area (Å²) < 4.78 is 55.7. The first-order valence-electron chi connectivity index (χ1n) is 7.71. The third kappa shape index (κ3) is 3.79. The molecule has 3 unspecified atom stereocenters. The Morgan fingerprint density at radius 1 is 1.36 bits per heavy atom. The van der Waals surface area contributed by atoms with E-state index >= 15 is 0 Å². The van der Waals surface area contributed by atoms with Gasteiger partial charge in [0.25, 0.3) is 0 Å². The van der Waals surface area contributed by atoms with E-state index in [1.165, 1.54) is 17.0 Å². The van der Waals surface area contributed by atoms with Crippen molar-refractivity contribution in [1.29, 1.82) is 5.41 Å². The number of guanidine groups is 1. The minimum atomic E-state index is -4.56. The molecule has 3 atom stereocenters. The molecule has 3 N–H and O–H groups in total. The van der Waals surface area contributed by atoms with E-state index in [0.29, 0.717) is 6.54 Å². The molecule has 2 saturated heterocycles. The van der Waals surface area contributed by atoms with Crippen LogP contribution >= 0.6 is 0 Å². The SMILES string of the molecule is CC1(C)OC2CN(C(=N)N)CC(Oc3cccc(C(F)(F)F)n3)C2O1. The van der Waals surface area contributed by atoms with E-state index in [2.05, 4.69) is 4.98 Å². The van der Waals surface area contributed by atoms with Crippen molar-refractivity contribution >= 4 is 5.96 Å². The Kier molecular flexibility index (Phi) is 4.28. The summed E-state index contributed by atoms with van der Waals surface area (Å²) >= 11 is 0. The molecule has 0 spiro atoms. The van der Waals surface area contributed by atoms with Gasteiger partial charge in [-0.2, -0.15) is 13.2 Å². The summed E-state index contributed by atoms with van der Waals surface area (Å²) in [4.78, 5) is 5.04. The number of nitrogens with two attached hydrogens (primary N) is 1. The van der Waals surface area contributed by atoms with Crippen molar-refractivity contribution in [3.8, 4) is 5.88 Å². The Morgan fingerprint density at radius 3 is 2.72 bits per heavy atom. The van der Waals surface area contributed by atoms with Crippen molar-refractivity contribution in [2.45, 2.75) is 44.1 Å². The van der Waals surface area contributed by atoms with Crippen LogP contribution < -0.4 is 10.5 Å². The Bertz CT molecular complexity index is 668. The average molecular weight is 360 g/mol. The highest BCUT2D eigenvalue weighted by Gasteiger charge is 2.50. The van der Waals surface area contributed by atoms with Crippen LogP contribution in [0.3, 0.4) is 0 Å². The number of aromatic nitrogens is 1. The molecule has 3 heterocycles. The number of piperidine rings is 1. The Hall–Kier alpha value is -2.07. The first-order chi connectivity index (χ1) is 11.5. The molecule has 0 amide bonds. The molecular weight excluding hydrogens is 341 g/mol. The monoisotopic (exact) mass is 360 g/mol. The highest BCUT2D eigenvalue weighted by molar-refractivity contribution is 5.74. The molecule has 0 bridgehead atoms. The summed E-state index contributed by atoms with van der Waals surface area (Å²) in [5.74, 6) is -1.19. The first kappa shape index (κ1) is 17.7. The minimum Gasteiger partial charge on any atom is -0.470 e. The molecule has 7 nitrogen and oxygen atoms in total. The highest BCUT2D eigenvalue weighted by Crippen LogP contribution is 2.35. The van der Waals surface area contributed by atoms with E-state index in [0.717, 1.165) is 6.07 Å². The molecule has 0 radical (unpaired) electrons. The number of rotatable bonds is 2. The van der Waals surface area contributed by atoms with Gasteiger partial charge < -0.3 is 24.8 Å². The molecule has 2 aliphatic heterocycles. The van der Waals surface area contributed by atoms with E-state index in [-0.39, 0.29) is 18.4 Å². The first-order valence-corrected chi connectivity index (χ1v) is 7.71. The lowest BCUT2D eigenvalue weighted by Crippen LogP contribution is -2.59. The van der Waals surface area contributed by atoms with Crippen LogP contribution in [-0.2, 0) is 15.7 Å². The van der Waals surface area contributed by atoms with Crippen molar-refractivity contribution in [2.75, 3.05) is 13.1 Å². The van der Waals surface area contributed by atoms with Crippen molar-refractivity contribution in [1.82, 2.24) is 9.88 Å². The normalized spacial score (nSPS) is 28.5. The molecule has 2 aliphatic rings. The van der Waals surface area contributed by atoms with Crippen molar-refractivity contribution in [3.05, 3.63) is 23.9 Å². The predicted octanol–water partition coefficient (Wildman–Crippen LogP) is 1.58. The fourth-order valence-corrected chi connectivity index (χ4v) is 3.03. The Labute approximate surface area is 142 Å². The van der Waals surface area contributed by atoms with Gasteiger partial charge in [0, 0.05) is 12.6 Å². The van der Waals surface area contributed by atoms with Crippen LogP contribution in [0.5, 0.6) is 5.88 Å². The zero-order valence-electron chi connectivity index (χ0n) is 13.7. The summed E-state index contributed by atoms with van der Waals surface area (Å²) in [7, 11) is 0. The number of pyridine rings is 1. The van der Waals surface area contributed by atoms with Gasteiger partial charge >= 0.3 is 6.18 Å². The van der Waals surface area contributed by atoms with Gasteiger partial charge in [-0.05, 0) is 19.9 Å². The van der Waals surface area contributed by atoms with Gasteiger partial charge in [0.15, 0.2) is 11.7 Å². The van der Waals surface area contributed by atoms with Crippen LogP contribution in [0.25, 0.3) is 0 Å². The molecule has 0 saturated carbocycles. The number of alkyl halides is 3. The minimum absolute atomic E-state index is 0.169. The number of nitrogens with one attached hydrogen (secondary N) is 1. The summed E-state index contributed by atoms with van der Waals surface area (Å²) in [5.41, 5.74) is 4.51. The number of likely N-dealkylation sites (tertiary alicyclic amines) is 1. The number of fused-ring (bicyclic) bond motifs is 1. The molecule has 0 aliphatic carbocycles. The Balaban J connectivity index is 1.83. The van der Waals surface area contributed by atoms with Crippen molar-refractivity contribution in [3.63, 3.8) is 0 Å². The smallest absolute Gasteiger partial charge is 0.433 e. The third-order valence-corrected chi connectivity index (χ3v) is 4.02. The largest absolute Gasteiger partial charge is 0.470 e. The van der Waals surface area contributed by atoms with Crippen molar-refractivity contribution < 1.29 is 27.4 Å². The fourth-order valence-electron chi connectivity index (χ4n) is 3.03. The average Bonchev–Trinajstić information content (AvgIpc) is 2.81. The number of ether oxygens (including phenoxy) is 3. The topological polar surface area (TPSA) is 93.7 Å². The number of halogens is 3. The van der Waals surface area contributed by atoms with Gasteiger partial charge in [-0.25, -0.2) is 4.98 Å². The van der Waals surface area contributed by atoms with E-state index < -0.39 is 36.0 Å².